The number of fused-ring (bicyclic) bond motifs is 1. The summed E-state index contributed by atoms with van der Waals surface area (Å²) in [4.78, 5) is 8.90. The van der Waals surface area contributed by atoms with Crippen LogP contribution in [-0.4, -0.2) is 14.5 Å². The molecule has 6 heteroatoms. The van der Waals surface area contributed by atoms with E-state index in [9.17, 15) is 0 Å². The second kappa shape index (κ2) is 5.35. The van der Waals surface area contributed by atoms with Crippen LogP contribution in [0.2, 0.25) is 5.02 Å². The van der Waals surface area contributed by atoms with Crippen molar-refractivity contribution in [3.63, 3.8) is 0 Å². The molecule has 0 saturated heterocycles. The molecule has 2 atom stereocenters. The molecule has 4 nitrogen and oxygen atoms in total. The van der Waals surface area contributed by atoms with E-state index in [0.717, 1.165) is 22.6 Å². The topological polar surface area (TPSA) is 43.9 Å². The summed E-state index contributed by atoms with van der Waals surface area (Å²) in [6.07, 6.45) is 1.71. The van der Waals surface area contributed by atoms with Crippen LogP contribution in [0.15, 0.2) is 28.8 Å². The maximum atomic E-state index is 6.29. The van der Waals surface area contributed by atoms with Crippen LogP contribution in [0.3, 0.4) is 0 Å². The number of para-hydroxylation sites is 1. The maximum Gasteiger partial charge on any atom is 0.217 e. The number of rotatable bonds is 3. The van der Waals surface area contributed by atoms with E-state index in [1.165, 1.54) is 0 Å². The lowest BCUT2D eigenvalue weighted by Crippen LogP contribution is -2.11. The Kier molecular flexibility index (Phi) is 3.68. The third-order valence-corrected chi connectivity index (χ3v) is 3.94. The largest absolute Gasteiger partial charge is 0.444 e. The van der Waals surface area contributed by atoms with Crippen molar-refractivity contribution in [3.8, 4) is 0 Å². The third kappa shape index (κ3) is 2.43. The summed E-state index contributed by atoms with van der Waals surface area (Å²) in [5.74, 6) is 2.16. The predicted molar refractivity (Wildman–Crippen MR) is 84.1 cm³/mol. The normalized spacial score (nSPS) is 14.5. The van der Waals surface area contributed by atoms with Gasteiger partial charge in [-0.1, -0.05) is 17.7 Å². The summed E-state index contributed by atoms with van der Waals surface area (Å²) in [6, 6.07) is 5.59. The summed E-state index contributed by atoms with van der Waals surface area (Å²) in [5.41, 5.74) is 1.67. The first kappa shape index (κ1) is 14.4. The average molecular weight is 324 g/mol. The molecule has 0 bridgehead atoms. The highest BCUT2D eigenvalue weighted by atomic mass is 35.5. The Morgan fingerprint density at radius 1 is 1.29 bits per heavy atom. The second-order valence-electron chi connectivity index (χ2n) is 5.05. The number of aryl methyl sites for hydroxylation is 1. The molecule has 110 valence electrons. The first-order chi connectivity index (χ1) is 9.99. The van der Waals surface area contributed by atoms with E-state index in [1.807, 2.05) is 43.5 Å². The SMILES string of the molecule is Cc1cnc(C(C)n2c(C(C)Cl)nc3c(Cl)cccc32)o1. The summed E-state index contributed by atoms with van der Waals surface area (Å²) in [6.45, 7) is 5.77. The van der Waals surface area contributed by atoms with E-state index in [-0.39, 0.29) is 11.4 Å². The van der Waals surface area contributed by atoms with Gasteiger partial charge in [0.05, 0.1) is 22.1 Å². The van der Waals surface area contributed by atoms with Crippen LogP contribution in [0.1, 0.15) is 42.7 Å². The van der Waals surface area contributed by atoms with Crippen molar-refractivity contribution < 1.29 is 4.42 Å². The zero-order chi connectivity index (χ0) is 15.1. The van der Waals surface area contributed by atoms with Crippen molar-refractivity contribution in [2.75, 3.05) is 0 Å². The molecule has 2 heterocycles. The summed E-state index contributed by atoms with van der Waals surface area (Å²) >= 11 is 12.5. The first-order valence-corrected chi connectivity index (χ1v) is 7.53. The molecule has 3 aromatic rings. The fourth-order valence-corrected chi connectivity index (χ4v) is 2.83. The lowest BCUT2D eigenvalue weighted by molar-refractivity contribution is 0.414. The van der Waals surface area contributed by atoms with Crippen LogP contribution >= 0.6 is 23.2 Å². The fraction of sp³-hybridized carbons (Fsp3) is 0.333. The number of nitrogens with zero attached hydrogens (tertiary/aromatic N) is 3. The van der Waals surface area contributed by atoms with Gasteiger partial charge in [-0.05, 0) is 32.9 Å². The van der Waals surface area contributed by atoms with E-state index >= 15 is 0 Å². The average Bonchev–Trinajstić information content (AvgIpc) is 3.02. The number of hydrogen-bond donors (Lipinski definition) is 0. The van der Waals surface area contributed by atoms with E-state index in [4.69, 9.17) is 27.6 Å². The number of aromatic nitrogens is 3. The minimum atomic E-state index is -0.244. The second-order valence-corrected chi connectivity index (χ2v) is 6.11. The lowest BCUT2D eigenvalue weighted by Gasteiger charge is -2.15. The smallest absolute Gasteiger partial charge is 0.217 e. The molecule has 21 heavy (non-hydrogen) atoms. The molecule has 2 aromatic heterocycles. The van der Waals surface area contributed by atoms with Gasteiger partial charge in [0.25, 0.3) is 0 Å². The highest BCUT2D eigenvalue weighted by Crippen LogP contribution is 2.33. The molecule has 0 fully saturated rings. The zero-order valence-corrected chi connectivity index (χ0v) is 13.5. The van der Waals surface area contributed by atoms with Crippen molar-refractivity contribution in [2.45, 2.75) is 32.2 Å². The number of oxazole rings is 1. The van der Waals surface area contributed by atoms with Crippen LogP contribution in [0.5, 0.6) is 0 Å². The highest BCUT2D eigenvalue weighted by Gasteiger charge is 2.23. The van der Waals surface area contributed by atoms with E-state index in [0.29, 0.717) is 10.9 Å². The van der Waals surface area contributed by atoms with Gasteiger partial charge in [-0.15, -0.1) is 11.6 Å². The molecular formula is C15H15Cl2N3O. The molecule has 1 aromatic carbocycles. The predicted octanol–water partition coefficient (Wildman–Crippen LogP) is 4.90. The standard InChI is InChI=1S/C15H15Cl2N3O/c1-8-7-18-15(21-8)10(3)20-12-6-4-5-11(17)13(12)19-14(20)9(2)16/h4-7,9-10H,1-3H3. The summed E-state index contributed by atoms with van der Waals surface area (Å²) in [5, 5.41) is 0.368. The Morgan fingerprint density at radius 2 is 2.05 bits per heavy atom. The lowest BCUT2D eigenvalue weighted by atomic mass is 10.2. The summed E-state index contributed by atoms with van der Waals surface area (Å²) < 4.78 is 7.68. The van der Waals surface area contributed by atoms with Gasteiger partial charge in [0, 0.05) is 0 Å². The molecule has 0 aliphatic rings. The monoisotopic (exact) mass is 323 g/mol. The van der Waals surface area contributed by atoms with Gasteiger partial charge in [0.1, 0.15) is 23.1 Å². The minimum Gasteiger partial charge on any atom is -0.444 e. The van der Waals surface area contributed by atoms with Gasteiger partial charge < -0.3 is 8.98 Å². The molecule has 2 unspecified atom stereocenters. The van der Waals surface area contributed by atoms with Crippen molar-refractivity contribution >= 4 is 34.2 Å². The minimum absolute atomic E-state index is 0.113. The van der Waals surface area contributed by atoms with Gasteiger partial charge in [-0.2, -0.15) is 0 Å². The van der Waals surface area contributed by atoms with Crippen LogP contribution < -0.4 is 0 Å². The number of halogens is 2. The van der Waals surface area contributed by atoms with E-state index in [1.54, 1.807) is 6.20 Å². The molecule has 0 amide bonds. The van der Waals surface area contributed by atoms with Gasteiger partial charge in [-0.3, -0.25) is 0 Å². The van der Waals surface area contributed by atoms with Crippen molar-refractivity contribution in [3.05, 3.63) is 46.9 Å². The molecule has 0 aliphatic heterocycles. The van der Waals surface area contributed by atoms with Gasteiger partial charge >= 0.3 is 0 Å². The Morgan fingerprint density at radius 3 is 2.67 bits per heavy atom. The molecule has 0 aliphatic carbocycles. The van der Waals surface area contributed by atoms with Gasteiger partial charge in [-0.25, -0.2) is 9.97 Å². The molecule has 0 spiro atoms. The molecule has 0 saturated carbocycles. The molecule has 3 rings (SSSR count). The van der Waals surface area contributed by atoms with Gasteiger partial charge in [0.15, 0.2) is 0 Å². The zero-order valence-electron chi connectivity index (χ0n) is 12.0. The number of imidazole rings is 1. The van der Waals surface area contributed by atoms with E-state index < -0.39 is 0 Å². The van der Waals surface area contributed by atoms with Gasteiger partial charge in [0.2, 0.25) is 5.89 Å². The fourth-order valence-electron chi connectivity index (χ4n) is 2.46. The molecule has 0 N–H and O–H groups in total. The Bertz CT molecular complexity index is 791. The number of benzene rings is 1. The highest BCUT2D eigenvalue weighted by molar-refractivity contribution is 6.35. The van der Waals surface area contributed by atoms with Crippen molar-refractivity contribution in [1.29, 1.82) is 0 Å². The first-order valence-electron chi connectivity index (χ1n) is 6.71. The number of alkyl halides is 1. The van der Waals surface area contributed by atoms with Crippen molar-refractivity contribution in [1.82, 2.24) is 14.5 Å². The Balaban J connectivity index is 2.24. The van der Waals surface area contributed by atoms with Crippen LogP contribution in [0.25, 0.3) is 11.0 Å². The molecule has 0 radical (unpaired) electrons. The van der Waals surface area contributed by atoms with Crippen molar-refractivity contribution in [2.24, 2.45) is 0 Å². The summed E-state index contributed by atoms with van der Waals surface area (Å²) in [7, 11) is 0. The van der Waals surface area contributed by atoms with Crippen LogP contribution in [-0.2, 0) is 0 Å². The van der Waals surface area contributed by atoms with Crippen LogP contribution in [0.4, 0.5) is 0 Å². The molecular weight excluding hydrogens is 309 g/mol. The Hall–Kier alpha value is -1.52. The quantitative estimate of drug-likeness (QED) is 0.644. The number of hydrogen-bond acceptors (Lipinski definition) is 3. The Labute approximate surface area is 132 Å². The van der Waals surface area contributed by atoms with Crippen LogP contribution in [0, 0.1) is 6.92 Å². The maximum absolute atomic E-state index is 6.29. The third-order valence-electron chi connectivity index (χ3n) is 3.44. The van der Waals surface area contributed by atoms with E-state index in [2.05, 4.69) is 9.97 Å².